The zero-order valence-corrected chi connectivity index (χ0v) is 11.0. The molecular formula is C12H19NO2S. The Morgan fingerprint density at radius 1 is 1.19 bits per heavy atom. The third-order valence-electron chi connectivity index (χ3n) is 2.64. The molecule has 0 amide bonds. The highest BCUT2D eigenvalue weighted by molar-refractivity contribution is 7.89. The van der Waals surface area contributed by atoms with Crippen LogP contribution < -0.4 is 4.72 Å². The molecule has 0 heterocycles. The molecular weight excluding hydrogens is 222 g/mol. The van der Waals surface area contributed by atoms with E-state index in [1.807, 2.05) is 33.8 Å². The molecule has 0 fully saturated rings. The molecule has 0 aliphatic heterocycles. The maximum atomic E-state index is 12.0. The van der Waals surface area contributed by atoms with Crippen LogP contribution in [0.3, 0.4) is 0 Å². The average molecular weight is 241 g/mol. The van der Waals surface area contributed by atoms with Crippen LogP contribution in [0.25, 0.3) is 0 Å². The van der Waals surface area contributed by atoms with Crippen LogP contribution in [0.2, 0.25) is 0 Å². The topological polar surface area (TPSA) is 46.2 Å². The molecule has 4 heteroatoms. The molecule has 0 aromatic heterocycles. The summed E-state index contributed by atoms with van der Waals surface area (Å²) in [6, 6.07) is 6.86. The Balaban J connectivity index is 2.95. The number of rotatable bonds is 4. The summed E-state index contributed by atoms with van der Waals surface area (Å²) >= 11 is 0. The molecule has 0 saturated heterocycles. The average Bonchev–Trinajstić information content (AvgIpc) is 2.17. The zero-order valence-electron chi connectivity index (χ0n) is 10.2. The van der Waals surface area contributed by atoms with Crippen molar-refractivity contribution in [3.05, 3.63) is 29.8 Å². The molecule has 1 aromatic rings. The highest BCUT2D eigenvalue weighted by Gasteiger charge is 2.18. The maximum absolute atomic E-state index is 12.0. The van der Waals surface area contributed by atoms with Crippen LogP contribution in [0.4, 0.5) is 0 Å². The molecule has 90 valence electrons. The third-order valence-corrected chi connectivity index (χ3v) is 4.20. The fourth-order valence-corrected chi connectivity index (χ4v) is 2.73. The van der Waals surface area contributed by atoms with Gasteiger partial charge in [-0.05, 0) is 37.5 Å². The first kappa shape index (κ1) is 13.2. The minimum atomic E-state index is -3.38. The van der Waals surface area contributed by atoms with Crippen LogP contribution in [-0.4, -0.2) is 14.5 Å². The lowest BCUT2D eigenvalue weighted by molar-refractivity contribution is 0.476. The summed E-state index contributed by atoms with van der Waals surface area (Å²) in [6.45, 7) is 7.73. The molecule has 16 heavy (non-hydrogen) atoms. The molecule has 0 aliphatic rings. The molecule has 0 aliphatic carbocycles. The third kappa shape index (κ3) is 3.32. The number of nitrogens with one attached hydrogen (secondary N) is 1. The summed E-state index contributed by atoms with van der Waals surface area (Å²) in [7, 11) is -3.38. The first-order valence-electron chi connectivity index (χ1n) is 5.42. The van der Waals surface area contributed by atoms with Crippen molar-refractivity contribution in [2.24, 2.45) is 5.92 Å². The van der Waals surface area contributed by atoms with Gasteiger partial charge in [-0.1, -0.05) is 26.0 Å². The normalized spacial score (nSPS) is 14.1. The van der Waals surface area contributed by atoms with Gasteiger partial charge in [-0.3, -0.25) is 0 Å². The molecule has 3 nitrogen and oxygen atoms in total. The number of hydrogen-bond acceptors (Lipinski definition) is 2. The lowest BCUT2D eigenvalue weighted by Gasteiger charge is -2.17. The second kappa shape index (κ2) is 4.97. The Hall–Kier alpha value is -0.870. The highest BCUT2D eigenvalue weighted by atomic mass is 32.2. The van der Waals surface area contributed by atoms with Gasteiger partial charge in [0.05, 0.1) is 4.90 Å². The lowest BCUT2D eigenvalue weighted by Crippen LogP contribution is -2.36. The SMILES string of the molecule is Cc1cccc(S(=O)(=O)NC(C)C(C)C)c1. The van der Waals surface area contributed by atoms with E-state index in [1.54, 1.807) is 18.2 Å². The Labute approximate surface area is 97.9 Å². The van der Waals surface area contributed by atoms with Crippen molar-refractivity contribution in [3.8, 4) is 0 Å². The van der Waals surface area contributed by atoms with Crippen LogP contribution in [0.5, 0.6) is 0 Å². The smallest absolute Gasteiger partial charge is 0.208 e. The van der Waals surface area contributed by atoms with Gasteiger partial charge in [0.15, 0.2) is 0 Å². The zero-order chi connectivity index (χ0) is 12.3. The summed E-state index contributed by atoms with van der Waals surface area (Å²) in [6.07, 6.45) is 0. The molecule has 1 unspecified atom stereocenters. The number of aryl methyl sites for hydroxylation is 1. The van der Waals surface area contributed by atoms with E-state index in [-0.39, 0.29) is 12.0 Å². The quantitative estimate of drug-likeness (QED) is 0.879. The van der Waals surface area contributed by atoms with Gasteiger partial charge in [-0.25, -0.2) is 13.1 Å². The van der Waals surface area contributed by atoms with E-state index < -0.39 is 10.0 Å². The maximum Gasteiger partial charge on any atom is 0.240 e. The van der Waals surface area contributed by atoms with Gasteiger partial charge < -0.3 is 0 Å². The van der Waals surface area contributed by atoms with Crippen LogP contribution in [0.1, 0.15) is 26.3 Å². The van der Waals surface area contributed by atoms with Crippen molar-refractivity contribution >= 4 is 10.0 Å². The predicted molar refractivity (Wildman–Crippen MR) is 65.8 cm³/mol. The van der Waals surface area contributed by atoms with Crippen molar-refractivity contribution in [1.82, 2.24) is 4.72 Å². The molecule has 1 N–H and O–H groups in total. The van der Waals surface area contributed by atoms with Crippen molar-refractivity contribution in [3.63, 3.8) is 0 Å². The molecule has 1 aromatic carbocycles. The molecule has 0 bridgehead atoms. The summed E-state index contributed by atoms with van der Waals surface area (Å²) in [4.78, 5) is 0.333. The van der Waals surface area contributed by atoms with Crippen molar-refractivity contribution in [1.29, 1.82) is 0 Å². The monoisotopic (exact) mass is 241 g/mol. The summed E-state index contributed by atoms with van der Waals surface area (Å²) in [5, 5.41) is 0. The molecule has 1 atom stereocenters. The van der Waals surface area contributed by atoms with Crippen LogP contribution >= 0.6 is 0 Å². The number of hydrogen-bond donors (Lipinski definition) is 1. The van der Waals surface area contributed by atoms with E-state index in [1.165, 1.54) is 0 Å². The van der Waals surface area contributed by atoms with E-state index >= 15 is 0 Å². The summed E-state index contributed by atoms with van der Waals surface area (Å²) < 4.78 is 26.6. The minimum Gasteiger partial charge on any atom is -0.208 e. The number of benzene rings is 1. The van der Waals surface area contributed by atoms with E-state index in [0.717, 1.165) is 5.56 Å². The Morgan fingerprint density at radius 3 is 2.31 bits per heavy atom. The van der Waals surface area contributed by atoms with Crippen LogP contribution in [-0.2, 0) is 10.0 Å². The van der Waals surface area contributed by atoms with Crippen LogP contribution in [0.15, 0.2) is 29.2 Å². The van der Waals surface area contributed by atoms with E-state index in [9.17, 15) is 8.42 Å². The standard InChI is InChI=1S/C12H19NO2S/c1-9(2)11(4)13-16(14,15)12-7-5-6-10(3)8-12/h5-9,11,13H,1-4H3. The van der Waals surface area contributed by atoms with Crippen LogP contribution in [0, 0.1) is 12.8 Å². The van der Waals surface area contributed by atoms with E-state index in [4.69, 9.17) is 0 Å². The van der Waals surface area contributed by atoms with Gasteiger partial charge in [0, 0.05) is 6.04 Å². The molecule has 0 radical (unpaired) electrons. The number of sulfonamides is 1. The predicted octanol–water partition coefficient (Wildman–Crippen LogP) is 2.32. The van der Waals surface area contributed by atoms with E-state index in [0.29, 0.717) is 4.90 Å². The summed E-state index contributed by atoms with van der Waals surface area (Å²) in [5.74, 6) is 0.277. The van der Waals surface area contributed by atoms with Crippen molar-refractivity contribution in [2.75, 3.05) is 0 Å². The Kier molecular flexibility index (Phi) is 4.10. The fourth-order valence-electron chi connectivity index (χ4n) is 1.23. The van der Waals surface area contributed by atoms with Crippen molar-refractivity contribution < 1.29 is 8.42 Å². The van der Waals surface area contributed by atoms with Gasteiger partial charge in [-0.15, -0.1) is 0 Å². The lowest BCUT2D eigenvalue weighted by atomic mass is 10.1. The first-order chi connectivity index (χ1) is 7.33. The largest absolute Gasteiger partial charge is 0.240 e. The van der Waals surface area contributed by atoms with Gasteiger partial charge in [-0.2, -0.15) is 0 Å². The second-order valence-electron chi connectivity index (χ2n) is 4.47. The van der Waals surface area contributed by atoms with Crippen molar-refractivity contribution in [2.45, 2.75) is 38.6 Å². The van der Waals surface area contributed by atoms with Gasteiger partial charge in [0.1, 0.15) is 0 Å². The molecule has 1 rings (SSSR count). The van der Waals surface area contributed by atoms with Gasteiger partial charge in [0.2, 0.25) is 10.0 Å². The molecule has 0 spiro atoms. The highest BCUT2D eigenvalue weighted by Crippen LogP contribution is 2.12. The molecule has 0 saturated carbocycles. The second-order valence-corrected chi connectivity index (χ2v) is 6.18. The Morgan fingerprint density at radius 2 is 1.81 bits per heavy atom. The van der Waals surface area contributed by atoms with Gasteiger partial charge in [0.25, 0.3) is 0 Å². The van der Waals surface area contributed by atoms with E-state index in [2.05, 4.69) is 4.72 Å². The first-order valence-corrected chi connectivity index (χ1v) is 6.90. The fraction of sp³-hybridized carbons (Fsp3) is 0.500. The minimum absolute atomic E-state index is 0.0643. The summed E-state index contributed by atoms with van der Waals surface area (Å²) in [5.41, 5.74) is 0.945. The Bertz CT molecular complexity index is 452. The van der Waals surface area contributed by atoms with Gasteiger partial charge >= 0.3 is 0 Å².